The van der Waals surface area contributed by atoms with Crippen molar-refractivity contribution in [3.63, 3.8) is 0 Å². The molecule has 1 N–H and O–H groups in total. The summed E-state index contributed by atoms with van der Waals surface area (Å²) in [7, 11) is 0. The minimum absolute atomic E-state index is 0.00997. The molecule has 1 fully saturated rings. The third-order valence-electron chi connectivity index (χ3n) is 4.12. The Morgan fingerprint density at radius 1 is 1.32 bits per heavy atom. The molecule has 1 aromatic rings. The number of piperidine rings is 1. The Hall–Kier alpha value is -2.04. The highest BCUT2D eigenvalue weighted by atomic mass is 16.5. The summed E-state index contributed by atoms with van der Waals surface area (Å²) in [6.07, 6.45) is 1.65. The zero-order valence-corrected chi connectivity index (χ0v) is 12.9. The molecule has 0 radical (unpaired) electrons. The van der Waals surface area contributed by atoms with E-state index >= 15 is 0 Å². The zero-order chi connectivity index (χ0) is 15.9. The first-order valence-electron chi connectivity index (χ1n) is 7.76. The van der Waals surface area contributed by atoms with Gasteiger partial charge in [0.2, 0.25) is 5.91 Å². The van der Waals surface area contributed by atoms with Gasteiger partial charge in [-0.1, -0.05) is 25.1 Å². The molecule has 1 aliphatic rings. The zero-order valence-electron chi connectivity index (χ0n) is 12.9. The van der Waals surface area contributed by atoms with Crippen molar-refractivity contribution >= 4 is 11.9 Å². The van der Waals surface area contributed by atoms with Crippen molar-refractivity contribution in [1.29, 1.82) is 0 Å². The number of rotatable bonds is 6. The molecule has 0 saturated carbocycles. The maximum atomic E-state index is 12.2. The maximum Gasteiger partial charge on any atom is 0.306 e. The third kappa shape index (κ3) is 4.48. The highest BCUT2D eigenvalue weighted by molar-refractivity contribution is 5.77. The molecule has 1 aliphatic heterocycles. The number of hydrogen-bond donors (Lipinski definition) is 1. The fourth-order valence-corrected chi connectivity index (χ4v) is 2.83. The summed E-state index contributed by atoms with van der Waals surface area (Å²) < 4.78 is 5.56. The highest BCUT2D eigenvalue weighted by Crippen LogP contribution is 2.24. The number of benzene rings is 1. The average molecular weight is 305 g/mol. The maximum absolute atomic E-state index is 12.2. The molecule has 1 heterocycles. The van der Waals surface area contributed by atoms with Crippen LogP contribution < -0.4 is 4.74 Å². The molecule has 1 saturated heterocycles. The minimum Gasteiger partial charge on any atom is -0.494 e. The second-order valence-electron chi connectivity index (χ2n) is 5.82. The molecule has 1 aromatic carbocycles. The monoisotopic (exact) mass is 305 g/mol. The van der Waals surface area contributed by atoms with Gasteiger partial charge in [-0.05, 0) is 30.9 Å². The van der Waals surface area contributed by atoms with E-state index in [9.17, 15) is 9.59 Å². The van der Waals surface area contributed by atoms with Crippen molar-refractivity contribution < 1.29 is 19.4 Å². The van der Waals surface area contributed by atoms with Gasteiger partial charge in [0.25, 0.3) is 0 Å². The van der Waals surface area contributed by atoms with E-state index in [1.54, 1.807) is 4.90 Å². The van der Waals surface area contributed by atoms with E-state index in [0.717, 1.165) is 5.75 Å². The molecule has 2 atom stereocenters. The summed E-state index contributed by atoms with van der Waals surface area (Å²) in [5.74, 6) is -0.171. The van der Waals surface area contributed by atoms with Gasteiger partial charge in [0.1, 0.15) is 5.75 Å². The number of carboxylic acid groups (broad SMARTS) is 1. The number of aliphatic carboxylic acids is 1. The van der Waals surface area contributed by atoms with E-state index in [0.29, 0.717) is 39.0 Å². The van der Waals surface area contributed by atoms with E-state index in [-0.39, 0.29) is 17.7 Å². The summed E-state index contributed by atoms with van der Waals surface area (Å²) in [4.78, 5) is 25.0. The molecule has 2 rings (SSSR count). The van der Waals surface area contributed by atoms with Crippen molar-refractivity contribution in [2.75, 3.05) is 19.7 Å². The predicted molar refractivity (Wildman–Crippen MR) is 82.7 cm³/mol. The molecule has 0 bridgehead atoms. The molecule has 0 aromatic heterocycles. The fourth-order valence-electron chi connectivity index (χ4n) is 2.83. The Balaban J connectivity index is 1.69. The highest BCUT2D eigenvalue weighted by Gasteiger charge is 2.32. The first-order valence-corrected chi connectivity index (χ1v) is 7.76. The largest absolute Gasteiger partial charge is 0.494 e. The topological polar surface area (TPSA) is 66.8 Å². The van der Waals surface area contributed by atoms with Crippen LogP contribution in [0, 0.1) is 11.8 Å². The Kier molecular flexibility index (Phi) is 5.81. The first-order chi connectivity index (χ1) is 10.6. The Morgan fingerprint density at radius 3 is 2.68 bits per heavy atom. The number of carboxylic acids is 1. The van der Waals surface area contributed by atoms with Crippen molar-refractivity contribution in [2.24, 2.45) is 11.8 Å². The van der Waals surface area contributed by atoms with Crippen LogP contribution in [0.25, 0.3) is 0 Å². The number of nitrogens with zero attached hydrogens (tertiary/aromatic N) is 1. The molecular formula is C17H23NO4. The summed E-state index contributed by atoms with van der Waals surface area (Å²) in [5.41, 5.74) is 0. The van der Waals surface area contributed by atoms with Crippen LogP contribution in [0.4, 0.5) is 0 Å². The van der Waals surface area contributed by atoms with Gasteiger partial charge in [0.15, 0.2) is 0 Å². The van der Waals surface area contributed by atoms with Gasteiger partial charge in [0.05, 0.1) is 12.5 Å². The van der Waals surface area contributed by atoms with Crippen LogP contribution >= 0.6 is 0 Å². The molecule has 120 valence electrons. The molecular weight excluding hydrogens is 282 g/mol. The standard InChI is InChI=1S/C17H23NO4/c1-13-12-18(10-9-15(13)17(20)21)16(19)8-5-11-22-14-6-3-2-4-7-14/h2-4,6-7,13,15H,5,8-12H2,1H3,(H,20,21). The first kappa shape index (κ1) is 16.3. The second kappa shape index (κ2) is 7.82. The number of ether oxygens (including phenoxy) is 1. The quantitative estimate of drug-likeness (QED) is 0.820. The van der Waals surface area contributed by atoms with Crippen LogP contribution in [-0.2, 0) is 9.59 Å². The summed E-state index contributed by atoms with van der Waals surface area (Å²) in [5, 5.41) is 9.10. The van der Waals surface area contributed by atoms with E-state index in [1.165, 1.54) is 0 Å². The van der Waals surface area contributed by atoms with Crippen LogP contribution in [0.15, 0.2) is 30.3 Å². The van der Waals surface area contributed by atoms with Crippen LogP contribution in [0.1, 0.15) is 26.2 Å². The van der Waals surface area contributed by atoms with Crippen LogP contribution in [0.5, 0.6) is 5.75 Å². The molecule has 1 amide bonds. The van der Waals surface area contributed by atoms with Crippen molar-refractivity contribution in [3.05, 3.63) is 30.3 Å². The van der Waals surface area contributed by atoms with Gasteiger partial charge in [-0.3, -0.25) is 9.59 Å². The van der Waals surface area contributed by atoms with E-state index < -0.39 is 5.97 Å². The number of para-hydroxylation sites is 1. The lowest BCUT2D eigenvalue weighted by atomic mass is 9.87. The van der Waals surface area contributed by atoms with Gasteiger partial charge in [-0.2, -0.15) is 0 Å². The van der Waals surface area contributed by atoms with Crippen molar-refractivity contribution in [2.45, 2.75) is 26.2 Å². The summed E-state index contributed by atoms with van der Waals surface area (Å²) >= 11 is 0. The van der Waals surface area contributed by atoms with E-state index in [1.807, 2.05) is 37.3 Å². The lowest BCUT2D eigenvalue weighted by Gasteiger charge is -2.35. The number of likely N-dealkylation sites (tertiary alicyclic amines) is 1. The summed E-state index contributed by atoms with van der Waals surface area (Å²) in [6.45, 7) is 3.49. The van der Waals surface area contributed by atoms with Crippen molar-refractivity contribution in [1.82, 2.24) is 4.90 Å². The molecule has 2 unspecified atom stereocenters. The van der Waals surface area contributed by atoms with Crippen molar-refractivity contribution in [3.8, 4) is 5.75 Å². The number of amides is 1. The lowest BCUT2D eigenvalue weighted by molar-refractivity contribution is -0.148. The molecule has 22 heavy (non-hydrogen) atoms. The Morgan fingerprint density at radius 2 is 2.05 bits per heavy atom. The van der Waals surface area contributed by atoms with Gasteiger partial charge in [0, 0.05) is 19.5 Å². The van der Waals surface area contributed by atoms with Gasteiger partial charge in [-0.15, -0.1) is 0 Å². The molecule has 5 heteroatoms. The van der Waals surface area contributed by atoms with E-state index in [2.05, 4.69) is 0 Å². The van der Waals surface area contributed by atoms with Gasteiger partial charge in [-0.25, -0.2) is 0 Å². The second-order valence-corrected chi connectivity index (χ2v) is 5.82. The van der Waals surface area contributed by atoms with E-state index in [4.69, 9.17) is 9.84 Å². The Labute approximate surface area is 130 Å². The number of carbonyl (C=O) groups excluding carboxylic acids is 1. The van der Waals surface area contributed by atoms with Gasteiger partial charge >= 0.3 is 5.97 Å². The normalized spacial score (nSPS) is 21.4. The molecule has 0 aliphatic carbocycles. The van der Waals surface area contributed by atoms with Crippen LogP contribution in [0.2, 0.25) is 0 Å². The molecule has 5 nitrogen and oxygen atoms in total. The predicted octanol–water partition coefficient (Wildman–Crippen LogP) is 2.41. The SMILES string of the molecule is CC1CN(C(=O)CCCOc2ccccc2)CCC1C(=O)O. The Bertz CT molecular complexity index is 503. The van der Waals surface area contributed by atoms with Gasteiger partial charge < -0.3 is 14.7 Å². The lowest BCUT2D eigenvalue weighted by Crippen LogP contribution is -2.45. The number of hydrogen-bond acceptors (Lipinski definition) is 3. The average Bonchev–Trinajstić information content (AvgIpc) is 2.52. The van der Waals surface area contributed by atoms with Crippen LogP contribution in [0.3, 0.4) is 0 Å². The summed E-state index contributed by atoms with van der Waals surface area (Å²) in [6, 6.07) is 9.53. The minimum atomic E-state index is -0.754. The number of carbonyl (C=O) groups is 2. The third-order valence-corrected chi connectivity index (χ3v) is 4.12. The van der Waals surface area contributed by atoms with Crippen LogP contribution in [-0.4, -0.2) is 41.6 Å². The molecule has 0 spiro atoms. The smallest absolute Gasteiger partial charge is 0.306 e. The fraction of sp³-hybridized carbons (Fsp3) is 0.529.